The molecular formula is C19H20N2O5S. The van der Waals surface area contributed by atoms with Crippen molar-refractivity contribution in [3.8, 4) is 5.75 Å². The summed E-state index contributed by atoms with van der Waals surface area (Å²) in [6.07, 6.45) is -0.184. The van der Waals surface area contributed by atoms with Gasteiger partial charge >= 0.3 is 0 Å². The minimum atomic E-state index is -3.76. The second-order valence-electron chi connectivity index (χ2n) is 6.42. The molecule has 0 radical (unpaired) electrons. The van der Waals surface area contributed by atoms with Crippen molar-refractivity contribution < 1.29 is 22.7 Å². The highest BCUT2D eigenvalue weighted by Gasteiger charge is 2.28. The summed E-state index contributed by atoms with van der Waals surface area (Å²) >= 11 is 0. The van der Waals surface area contributed by atoms with Crippen LogP contribution in [0.2, 0.25) is 0 Å². The largest absolute Gasteiger partial charge is 0.482 e. The van der Waals surface area contributed by atoms with Gasteiger partial charge in [-0.25, -0.2) is 8.42 Å². The third-order valence-corrected chi connectivity index (χ3v) is 6.47. The van der Waals surface area contributed by atoms with Gasteiger partial charge in [-0.1, -0.05) is 18.2 Å². The molecule has 8 heteroatoms. The zero-order chi connectivity index (χ0) is 19.6. The molecule has 0 fully saturated rings. The number of para-hydroxylation sites is 1. The van der Waals surface area contributed by atoms with Gasteiger partial charge in [0.05, 0.1) is 15.8 Å². The maximum atomic E-state index is 12.8. The van der Waals surface area contributed by atoms with Crippen LogP contribution in [0.4, 0.5) is 11.4 Å². The van der Waals surface area contributed by atoms with Crippen molar-refractivity contribution in [1.29, 1.82) is 0 Å². The number of rotatable bonds is 5. The van der Waals surface area contributed by atoms with Crippen LogP contribution in [-0.2, 0) is 19.4 Å². The first-order valence-corrected chi connectivity index (χ1v) is 9.98. The maximum absolute atomic E-state index is 12.8. The van der Waals surface area contributed by atoms with Crippen molar-refractivity contribution in [3.05, 3.63) is 48.0 Å². The lowest BCUT2D eigenvalue weighted by Crippen LogP contribution is -2.27. The van der Waals surface area contributed by atoms with Crippen LogP contribution in [0.25, 0.3) is 0 Å². The first-order chi connectivity index (χ1) is 12.8. The van der Waals surface area contributed by atoms with Gasteiger partial charge in [-0.3, -0.25) is 9.59 Å². The first kappa shape index (κ1) is 18.9. The first-order valence-electron chi connectivity index (χ1n) is 8.43. The van der Waals surface area contributed by atoms with E-state index < -0.39 is 15.1 Å². The van der Waals surface area contributed by atoms with Crippen LogP contribution in [0.15, 0.2) is 47.4 Å². The Bertz CT molecular complexity index is 1000. The number of anilines is 2. The Hall–Kier alpha value is -2.87. The molecule has 0 aliphatic carbocycles. The molecule has 2 N–H and O–H groups in total. The maximum Gasteiger partial charge on any atom is 0.262 e. The minimum absolute atomic E-state index is 0.0308. The van der Waals surface area contributed by atoms with Gasteiger partial charge in [-0.2, -0.15) is 0 Å². The van der Waals surface area contributed by atoms with E-state index in [1.807, 2.05) is 19.1 Å². The van der Waals surface area contributed by atoms with E-state index in [-0.39, 0.29) is 29.7 Å². The summed E-state index contributed by atoms with van der Waals surface area (Å²) in [6, 6.07) is 11.6. The lowest BCUT2D eigenvalue weighted by atomic mass is 10.2. The second kappa shape index (κ2) is 7.40. The second-order valence-corrected chi connectivity index (χ2v) is 8.78. The Morgan fingerprint density at radius 2 is 2.00 bits per heavy atom. The number of nitrogens with one attached hydrogen (secondary N) is 2. The molecule has 0 unspecified atom stereocenters. The average Bonchev–Trinajstić information content (AvgIpc) is 2.62. The average molecular weight is 388 g/mol. The molecule has 27 heavy (non-hydrogen) atoms. The molecule has 1 atom stereocenters. The van der Waals surface area contributed by atoms with Gasteiger partial charge in [0.15, 0.2) is 16.4 Å². The zero-order valence-corrected chi connectivity index (χ0v) is 15.8. The predicted octanol–water partition coefficient (Wildman–Crippen LogP) is 2.52. The van der Waals surface area contributed by atoms with Crippen molar-refractivity contribution in [2.24, 2.45) is 0 Å². The summed E-state index contributed by atoms with van der Waals surface area (Å²) in [5.74, 6) is -0.309. The lowest BCUT2D eigenvalue weighted by molar-refractivity contribution is -0.118. The van der Waals surface area contributed by atoms with E-state index in [0.717, 1.165) is 5.56 Å². The van der Waals surface area contributed by atoms with E-state index in [9.17, 15) is 18.0 Å². The number of hydrogen-bond donors (Lipinski definition) is 2. The Morgan fingerprint density at radius 3 is 2.74 bits per heavy atom. The van der Waals surface area contributed by atoms with Crippen LogP contribution >= 0.6 is 0 Å². The Labute approximate surface area is 157 Å². The highest BCUT2D eigenvalue weighted by atomic mass is 32.2. The molecule has 0 saturated carbocycles. The molecular weight excluding hydrogens is 368 g/mol. The van der Waals surface area contributed by atoms with Gasteiger partial charge < -0.3 is 15.4 Å². The van der Waals surface area contributed by atoms with Gasteiger partial charge in [0.1, 0.15) is 5.75 Å². The van der Waals surface area contributed by atoms with Gasteiger partial charge in [0.25, 0.3) is 5.91 Å². The molecule has 7 nitrogen and oxygen atoms in total. The van der Waals surface area contributed by atoms with Crippen LogP contribution in [0.1, 0.15) is 18.9 Å². The van der Waals surface area contributed by atoms with Crippen molar-refractivity contribution in [2.45, 2.75) is 30.4 Å². The predicted molar refractivity (Wildman–Crippen MR) is 102 cm³/mol. The van der Waals surface area contributed by atoms with Gasteiger partial charge in [0.2, 0.25) is 5.91 Å². The topological polar surface area (TPSA) is 102 Å². The number of fused-ring (bicyclic) bond motifs is 1. The van der Waals surface area contributed by atoms with Crippen molar-refractivity contribution >= 4 is 33.0 Å². The highest BCUT2D eigenvalue weighted by Crippen LogP contribution is 2.31. The van der Waals surface area contributed by atoms with E-state index >= 15 is 0 Å². The standard InChI is InChI=1S/C19H20N2O5S/c1-12-5-3-4-6-15(12)20-18(22)9-13(2)27(24,25)14-7-8-17-16(10-14)21-19(23)11-26-17/h3-8,10,13H,9,11H2,1-2H3,(H,20,22)(H,21,23)/t13-/m0/s1. The molecule has 0 aromatic heterocycles. The number of carbonyl (C=O) groups is 2. The summed E-state index contributed by atoms with van der Waals surface area (Å²) in [7, 11) is -3.76. The number of hydrogen-bond acceptors (Lipinski definition) is 5. The molecule has 1 aliphatic rings. The van der Waals surface area contributed by atoms with E-state index in [4.69, 9.17) is 4.74 Å². The fourth-order valence-electron chi connectivity index (χ4n) is 2.76. The Balaban J connectivity index is 1.74. The normalized spacial score (nSPS) is 14.5. The monoisotopic (exact) mass is 388 g/mol. The van der Waals surface area contributed by atoms with E-state index in [1.54, 1.807) is 12.1 Å². The molecule has 142 valence electrons. The van der Waals surface area contributed by atoms with Crippen LogP contribution in [0.3, 0.4) is 0 Å². The van der Waals surface area contributed by atoms with Crippen molar-refractivity contribution in [2.75, 3.05) is 17.2 Å². The van der Waals surface area contributed by atoms with Gasteiger partial charge in [-0.15, -0.1) is 0 Å². The molecule has 1 heterocycles. The fraction of sp³-hybridized carbons (Fsp3) is 0.263. The van der Waals surface area contributed by atoms with Crippen molar-refractivity contribution in [1.82, 2.24) is 0 Å². The van der Waals surface area contributed by atoms with Crippen LogP contribution < -0.4 is 15.4 Å². The summed E-state index contributed by atoms with van der Waals surface area (Å²) in [5.41, 5.74) is 1.86. The molecule has 1 aliphatic heterocycles. The number of aryl methyl sites for hydroxylation is 1. The lowest BCUT2D eigenvalue weighted by Gasteiger charge is -2.19. The Morgan fingerprint density at radius 1 is 1.26 bits per heavy atom. The van der Waals surface area contributed by atoms with Crippen molar-refractivity contribution in [3.63, 3.8) is 0 Å². The molecule has 0 spiro atoms. The smallest absolute Gasteiger partial charge is 0.262 e. The summed E-state index contributed by atoms with van der Waals surface area (Å²) < 4.78 is 30.9. The summed E-state index contributed by atoms with van der Waals surface area (Å²) in [4.78, 5) is 23.7. The molecule has 2 aromatic carbocycles. The molecule has 2 amide bonds. The summed E-state index contributed by atoms with van der Waals surface area (Å²) in [5, 5.41) is 4.39. The number of carbonyl (C=O) groups excluding carboxylic acids is 2. The third-order valence-electron chi connectivity index (χ3n) is 4.33. The molecule has 0 bridgehead atoms. The van der Waals surface area contributed by atoms with E-state index in [2.05, 4.69) is 10.6 Å². The molecule has 2 aromatic rings. The van der Waals surface area contributed by atoms with Gasteiger partial charge in [-0.05, 0) is 43.7 Å². The number of benzene rings is 2. The van der Waals surface area contributed by atoms with Crippen LogP contribution in [0, 0.1) is 6.92 Å². The van der Waals surface area contributed by atoms with Gasteiger partial charge in [0, 0.05) is 12.1 Å². The fourth-order valence-corrected chi connectivity index (χ4v) is 4.13. The molecule has 0 saturated heterocycles. The SMILES string of the molecule is Cc1ccccc1NC(=O)C[C@H](C)S(=O)(=O)c1ccc2c(c1)NC(=O)CO2. The summed E-state index contributed by atoms with van der Waals surface area (Å²) in [6.45, 7) is 3.25. The van der Waals surface area contributed by atoms with E-state index in [0.29, 0.717) is 17.1 Å². The van der Waals surface area contributed by atoms with Crippen LogP contribution in [-0.4, -0.2) is 32.1 Å². The molecule has 3 rings (SSSR count). The number of amides is 2. The Kier molecular flexibility index (Phi) is 5.18. The van der Waals surface area contributed by atoms with Crippen LogP contribution in [0.5, 0.6) is 5.75 Å². The minimum Gasteiger partial charge on any atom is -0.482 e. The number of ether oxygens (including phenoxy) is 1. The third kappa shape index (κ3) is 4.11. The zero-order valence-electron chi connectivity index (χ0n) is 15.0. The van der Waals surface area contributed by atoms with E-state index in [1.165, 1.54) is 25.1 Å². The highest BCUT2D eigenvalue weighted by molar-refractivity contribution is 7.92. The number of sulfone groups is 1. The quantitative estimate of drug-likeness (QED) is 0.820.